The molecule has 1 aromatic heterocycles. The Morgan fingerprint density at radius 3 is 2.33 bits per heavy atom. The molecule has 136 valence electrons. The van der Waals surface area contributed by atoms with Crippen LogP contribution in [0.4, 0.5) is 0 Å². The summed E-state index contributed by atoms with van der Waals surface area (Å²) < 4.78 is 2.27. The Balaban J connectivity index is 1.48. The number of hydrogen-bond acceptors (Lipinski definition) is 0. The highest BCUT2D eigenvalue weighted by Crippen LogP contribution is 2.49. The van der Waals surface area contributed by atoms with Gasteiger partial charge in [-0.2, -0.15) is 0 Å². The summed E-state index contributed by atoms with van der Waals surface area (Å²) in [6.45, 7) is 2.18. The Morgan fingerprint density at radius 1 is 0.815 bits per heavy atom. The van der Waals surface area contributed by atoms with Crippen LogP contribution in [0.2, 0.25) is 0 Å². The van der Waals surface area contributed by atoms with Crippen LogP contribution in [-0.4, -0.2) is 0 Å². The Hall–Kier alpha value is -2.41. The third kappa shape index (κ3) is 2.90. The Morgan fingerprint density at radius 2 is 1.56 bits per heavy atom. The number of aryl methyl sites for hydroxylation is 2. The lowest BCUT2D eigenvalue weighted by atomic mass is 9.83. The normalized spacial score (nSPS) is 17.4. The predicted molar refractivity (Wildman–Crippen MR) is 112 cm³/mol. The van der Waals surface area contributed by atoms with E-state index >= 15 is 0 Å². The summed E-state index contributed by atoms with van der Waals surface area (Å²) in [4.78, 5) is 0. The molecule has 0 bridgehead atoms. The standard InChI is InChI=1S/C26H28N/c1-19-7-3-4-8-24(19)25-12-11-22(18-27(25)2)20-9-10-21-16-26(13-5-6-14-26)17-23(21)15-20/h3-4,7-12,15,18H,5-6,13-14,16-17H2,1-2H3/q+1. The number of aromatic nitrogens is 1. The summed E-state index contributed by atoms with van der Waals surface area (Å²) in [6.07, 6.45) is 10.6. The molecule has 0 saturated heterocycles. The van der Waals surface area contributed by atoms with Gasteiger partial charge in [-0.25, -0.2) is 4.57 Å². The molecule has 1 heterocycles. The molecule has 1 heteroatoms. The third-order valence-electron chi connectivity index (χ3n) is 6.89. The molecule has 0 radical (unpaired) electrons. The Kier molecular flexibility index (Phi) is 3.93. The summed E-state index contributed by atoms with van der Waals surface area (Å²) >= 11 is 0. The van der Waals surface area contributed by atoms with E-state index in [0.717, 1.165) is 0 Å². The predicted octanol–water partition coefficient (Wildman–Crippen LogP) is 5.81. The van der Waals surface area contributed by atoms with Crippen LogP contribution in [0.3, 0.4) is 0 Å². The molecule has 1 spiro atoms. The highest BCUT2D eigenvalue weighted by Gasteiger charge is 2.39. The topological polar surface area (TPSA) is 3.88 Å². The van der Waals surface area contributed by atoms with Gasteiger partial charge in [-0.1, -0.05) is 49.2 Å². The fourth-order valence-electron chi connectivity index (χ4n) is 5.41. The second-order valence-corrected chi connectivity index (χ2v) is 8.77. The minimum Gasteiger partial charge on any atom is -0.200 e. The first-order chi connectivity index (χ1) is 13.1. The van der Waals surface area contributed by atoms with Gasteiger partial charge in [-0.3, -0.25) is 0 Å². The van der Waals surface area contributed by atoms with Gasteiger partial charge in [-0.05, 0) is 72.4 Å². The van der Waals surface area contributed by atoms with Gasteiger partial charge >= 0.3 is 0 Å². The van der Waals surface area contributed by atoms with Crippen molar-refractivity contribution in [3.8, 4) is 22.4 Å². The second-order valence-electron chi connectivity index (χ2n) is 8.77. The fraction of sp³-hybridized carbons (Fsp3) is 0.346. The minimum atomic E-state index is 0.598. The van der Waals surface area contributed by atoms with E-state index in [2.05, 4.69) is 79.3 Å². The summed E-state index contributed by atoms with van der Waals surface area (Å²) in [7, 11) is 2.16. The highest BCUT2D eigenvalue weighted by atomic mass is 14.9. The van der Waals surface area contributed by atoms with Gasteiger partial charge in [0.25, 0.3) is 0 Å². The molecule has 2 aliphatic rings. The van der Waals surface area contributed by atoms with Crippen LogP contribution >= 0.6 is 0 Å². The first-order valence-corrected chi connectivity index (χ1v) is 10.3. The molecule has 1 nitrogen and oxygen atoms in total. The molecule has 3 aromatic rings. The van der Waals surface area contributed by atoms with Crippen LogP contribution in [-0.2, 0) is 19.9 Å². The molecule has 0 unspecified atom stereocenters. The fourth-order valence-corrected chi connectivity index (χ4v) is 5.41. The maximum atomic E-state index is 2.46. The van der Waals surface area contributed by atoms with Crippen molar-refractivity contribution in [2.75, 3.05) is 0 Å². The molecule has 2 aliphatic carbocycles. The summed E-state index contributed by atoms with van der Waals surface area (Å²) in [5.41, 5.74) is 10.4. The summed E-state index contributed by atoms with van der Waals surface area (Å²) in [5.74, 6) is 0. The molecule has 27 heavy (non-hydrogen) atoms. The van der Waals surface area contributed by atoms with Crippen LogP contribution in [0.15, 0.2) is 60.8 Å². The van der Waals surface area contributed by atoms with Gasteiger partial charge in [0.15, 0.2) is 6.20 Å². The van der Waals surface area contributed by atoms with E-state index in [0.29, 0.717) is 5.41 Å². The van der Waals surface area contributed by atoms with Gasteiger partial charge in [0.05, 0.1) is 0 Å². The van der Waals surface area contributed by atoms with E-state index in [4.69, 9.17) is 0 Å². The number of benzene rings is 2. The first-order valence-electron chi connectivity index (χ1n) is 10.3. The molecular weight excluding hydrogens is 326 g/mol. The van der Waals surface area contributed by atoms with Crippen LogP contribution in [0.1, 0.15) is 42.4 Å². The quantitative estimate of drug-likeness (QED) is 0.511. The number of rotatable bonds is 2. The minimum absolute atomic E-state index is 0.598. The molecular formula is C26H28N+. The molecule has 2 aromatic carbocycles. The van der Waals surface area contributed by atoms with Crippen LogP contribution in [0, 0.1) is 12.3 Å². The van der Waals surface area contributed by atoms with Gasteiger partial charge in [-0.15, -0.1) is 0 Å². The van der Waals surface area contributed by atoms with Crippen LogP contribution in [0.25, 0.3) is 22.4 Å². The maximum Gasteiger partial charge on any atom is 0.212 e. The molecule has 5 rings (SSSR count). The van der Waals surface area contributed by atoms with Crippen molar-refractivity contribution < 1.29 is 4.57 Å². The molecule has 0 amide bonds. The molecule has 1 fully saturated rings. The zero-order valence-corrected chi connectivity index (χ0v) is 16.5. The van der Waals surface area contributed by atoms with E-state index in [1.165, 1.54) is 66.5 Å². The average molecular weight is 355 g/mol. The second kappa shape index (κ2) is 6.34. The number of hydrogen-bond donors (Lipinski definition) is 0. The molecule has 0 atom stereocenters. The lowest BCUT2D eigenvalue weighted by Crippen LogP contribution is -2.30. The Labute approximate surface area is 162 Å². The zero-order valence-electron chi connectivity index (χ0n) is 16.5. The third-order valence-corrected chi connectivity index (χ3v) is 6.89. The molecule has 1 saturated carbocycles. The number of nitrogens with zero attached hydrogens (tertiary/aromatic N) is 1. The van der Waals surface area contributed by atoms with Gasteiger partial charge in [0, 0.05) is 17.2 Å². The number of fused-ring (bicyclic) bond motifs is 1. The van der Waals surface area contributed by atoms with E-state index < -0.39 is 0 Å². The lowest BCUT2D eigenvalue weighted by Gasteiger charge is -2.21. The lowest BCUT2D eigenvalue weighted by molar-refractivity contribution is -0.659. The van der Waals surface area contributed by atoms with Gasteiger partial charge < -0.3 is 0 Å². The highest BCUT2D eigenvalue weighted by molar-refractivity contribution is 5.67. The average Bonchev–Trinajstić information content (AvgIpc) is 3.27. The van der Waals surface area contributed by atoms with Crippen molar-refractivity contribution in [2.24, 2.45) is 12.5 Å². The smallest absolute Gasteiger partial charge is 0.200 e. The first kappa shape index (κ1) is 16.7. The van der Waals surface area contributed by atoms with Crippen LogP contribution in [0.5, 0.6) is 0 Å². The van der Waals surface area contributed by atoms with Crippen LogP contribution < -0.4 is 4.57 Å². The van der Waals surface area contributed by atoms with Crippen molar-refractivity contribution in [1.82, 2.24) is 0 Å². The van der Waals surface area contributed by atoms with Crippen molar-refractivity contribution in [3.05, 3.63) is 77.5 Å². The SMILES string of the molecule is Cc1ccccc1-c1ccc(-c2ccc3c(c2)CC2(CCCC2)C3)c[n+]1C. The largest absolute Gasteiger partial charge is 0.212 e. The van der Waals surface area contributed by atoms with E-state index in [1.807, 2.05) is 0 Å². The van der Waals surface area contributed by atoms with Gasteiger partial charge in [0.2, 0.25) is 5.69 Å². The molecule has 0 aliphatic heterocycles. The number of pyridine rings is 1. The van der Waals surface area contributed by atoms with E-state index in [-0.39, 0.29) is 0 Å². The van der Waals surface area contributed by atoms with E-state index in [9.17, 15) is 0 Å². The zero-order chi connectivity index (χ0) is 18.4. The van der Waals surface area contributed by atoms with E-state index in [1.54, 1.807) is 11.1 Å². The van der Waals surface area contributed by atoms with Crippen molar-refractivity contribution in [2.45, 2.75) is 45.4 Å². The van der Waals surface area contributed by atoms with Crippen molar-refractivity contribution in [1.29, 1.82) is 0 Å². The van der Waals surface area contributed by atoms with Crippen molar-refractivity contribution >= 4 is 0 Å². The summed E-state index contributed by atoms with van der Waals surface area (Å²) in [6, 6.07) is 20.4. The summed E-state index contributed by atoms with van der Waals surface area (Å²) in [5, 5.41) is 0. The van der Waals surface area contributed by atoms with Gasteiger partial charge in [0.1, 0.15) is 7.05 Å². The molecule has 0 N–H and O–H groups in total. The monoisotopic (exact) mass is 354 g/mol. The Bertz CT molecular complexity index is 1010. The maximum absolute atomic E-state index is 2.46. The van der Waals surface area contributed by atoms with Crippen molar-refractivity contribution in [3.63, 3.8) is 0 Å².